The number of hydrogen-bond acceptors (Lipinski definition) is 5. The lowest BCUT2D eigenvalue weighted by atomic mass is 10.1. The number of aromatic nitrogens is 1. The molecule has 0 aromatic carbocycles. The summed E-state index contributed by atoms with van der Waals surface area (Å²) in [6.07, 6.45) is 3.38. The van der Waals surface area contributed by atoms with E-state index in [1.807, 2.05) is 0 Å². The van der Waals surface area contributed by atoms with Crippen molar-refractivity contribution in [2.24, 2.45) is 5.73 Å². The van der Waals surface area contributed by atoms with Crippen LogP contribution in [0, 0.1) is 0 Å². The lowest BCUT2D eigenvalue weighted by molar-refractivity contribution is 0.0959. The molecule has 1 amide bonds. The second-order valence-electron chi connectivity index (χ2n) is 4.61. The van der Waals surface area contributed by atoms with Crippen molar-refractivity contribution >= 4 is 11.6 Å². The highest BCUT2D eigenvalue weighted by atomic mass is 16.5. The SMILES string of the molecule is CN1CCC(Oc2ncc(N)cc2C(N)=O)CC1. The number of anilines is 1. The van der Waals surface area contributed by atoms with E-state index in [-0.39, 0.29) is 17.5 Å². The van der Waals surface area contributed by atoms with Crippen molar-refractivity contribution in [3.05, 3.63) is 17.8 Å². The maximum absolute atomic E-state index is 11.3. The normalized spacial score (nSPS) is 17.6. The molecule has 2 heterocycles. The highest BCUT2D eigenvalue weighted by Gasteiger charge is 2.21. The number of likely N-dealkylation sites (tertiary alicyclic amines) is 1. The Hall–Kier alpha value is -1.82. The van der Waals surface area contributed by atoms with Crippen molar-refractivity contribution in [3.63, 3.8) is 0 Å². The van der Waals surface area contributed by atoms with Gasteiger partial charge in [0.1, 0.15) is 11.7 Å². The lowest BCUT2D eigenvalue weighted by Gasteiger charge is -2.29. The summed E-state index contributed by atoms with van der Waals surface area (Å²) in [4.78, 5) is 17.6. The van der Waals surface area contributed by atoms with Gasteiger partial charge in [0.2, 0.25) is 5.88 Å². The fourth-order valence-corrected chi connectivity index (χ4v) is 2.00. The van der Waals surface area contributed by atoms with E-state index in [4.69, 9.17) is 16.2 Å². The first-order chi connectivity index (χ1) is 8.56. The first-order valence-corrected chi connectivity index (χ1v) is 5.97. The molecule has 0 atom stereocenters. The Morgan fingerprint density at radius 2 is 2.17 bits per heavy atom. The number of nitrogens with two attached hydrogens (primary N) is 2. The Kier molecular flexibility index (Phi) is 3.66. The summed E-state index contributed by atoms with van der Waals surface area (Å²) in [6, 6.07) is 1.50. The maximum Gasteiger partial charge on any atom is 0.254 e. The zero-order chi connectivity index (χ0) is 13.1. The average molecular weight is 250 g/mol. The van der Waals surface area contributed by atoms with Gasteiger partial charge in [0.15, 0.2) is 0 Å². The predicted octanol–water partition coefficient (Wildman–Crippen LogP) is 0.236. The number of nitrogens with zero attached hydrogens (tertiary/aromatic N) is 2. The number of piperidine rings is 1. The largest absolute Gasteiger partial charge is 0.474 e. The van der Waals surface area contributed by atoms with Gasteiger partial charge in [0.05, 0.1) is 11.9 Å². The van der Waals surface area contributed by atoms with Crippen LogP contribution in [0.1, 0.15) is 23.2 Å². The van der Waals surface area contributed by atoms with Crippen molar-refractivity contribution in [1.29, 1.82) is 0 Å². The maximum atomic E-state index is 11.3. The second-order valence-corrected chi connectivity index (χ2v) is 4.61. The van der Waals surface area contributed by atoms with Crippen molar-refractivity contribution < 1.29 is 9.53 Å². The fourth-order valence-electron chi connectivity index (χ4n) is 2.00. The summed E-state index contributed by atoms with van der Waals surface area (Å²) in [5.74, 6) is -0.288. The molecule has 0 unspecified atom stereocenters. The first-order valence-electron chi connectivity index (χ1n) is 5.97. The van der Waals surface area contributed by atoms with Crippen LogP contribution in [0.4, 0.5) is 5.69 Å². The molecule has 1 aromatic heterocycles. The van der Waals surface area contributed by atoms with Gasteiger partial charge >= 0.3 is 0 Å². The third-order valence-corrected chi connectivity index (χ3v) is 3.08. The van der Waals surface area contributed by atoms with Gasteiger partial charge in [-0.1, -0.05) is 0 Å². The number of primary amides is 1. The molecule has 18 heavy (non-hydrogen) atoms. The molecule has 1 fully saturated rings. The summed E-state index contributed by atoms with van der Waals surface area (Å²) in [6.45, 7) is 1.96. The summed E-state index contributed by atoms with van der Waals surface area (Å²) >= 11 is 0. The first kappa shape index (κ1) is 12.6. The molecule has 0 spiro atoms. The molecule has 6 nitrogen and oxygen atoms in total. The van der Waals surface area contributed by atoms with E-state index in [1.165, 1.54) is 12.3 Å². The predicted molar refractivity (Wildman–Crippen MR) is 68.3 cm³/mol. The van der Waals surface area contributed by atoms with Gasteiger partial charge in [0, 0.05) is 13.1 Å². The molecular weight excluding hydrogens is 232 g/mol. The zero-order valence-electron chi connectivity index (χ0n) is 10.4. The Bertz CT molecular complexity index is 442. The van der Waals surface area contributed by atoms with Gasteiger partial charge in [-0.2, -0.15) is 0 Å². The molecule has 4 N–H and O–H groups in total. The Morgan fingerprint density at radius 1 is 1.50 bits per heavy atom. The number of ether oxygens (including phenoxy) is 1. The van der Waals surface area contributed by atoms with Crippen LogP contribution in [0.3, 0.4) is 0 Å². The average Bonchev–Trinajstić information content (AvgIpc) is 2.34. The van der Waals surface area contributed by atoms with Gasteiger partial charge in [-0.15, -0.1) is 0 Å². The monoisotopic (exact) mass is 250 g/mol. The van der Waals surface area contributed by atoms with E-state index in [9.17, 15) is 4.79 Å². The lowest BCUT2D eigenvalue weighted by Crippen LogP contribution is -2.36. The molecular formula is C12H18N4O2. The molecule has 1 saturated heterocycles. The van der Waals surface area contributed by atoms with Gasteiger partial charge in [-0.3, -0.25) is 4.79 Å². The minimum atomic E-state index is -0.572. The fraction of sp³-hybridized carbons (Fsp3) is 0.500. The van der Waals surface area contributed by atoms with Gasteiger partial charge in [-0.25, -0.2) is 4.98 Å². The molecule has 0 bridgehead atoms. The van der Waals surface area contributed by atoms with Gasteiger partial charge in [-0.05, 0) is 26.0 Å². The zero-order valence-corrected chi connectivity index (χ0v) is 10.4. The van der Waals surface area contributed by atoms with E-state index >= 15 is 0 Å². The van der Waals surface area contributed by atoms with Crippen molar-refractivity contribution in [3.8, 4) is 5.88 Å². The van der Waals surface area contributed by atoms with Crippen LogP contribution < -0.4 is 16.2 Å². The molecule has 2 rings (SSSR count). The number of carbonyl (C=O) groups excluding carboxylic acids is 1. The smallest absolute Gasteiger partial charge is 0.254 e. The molecule has 0 saturated carbocycles. The molecule has 0 aliphatic carbocycles. The topological polar surface area (TPSA) is 94.5 Å². The van der Waals surface area contributed by atoms with Gasteiger partial charge < -0.3 is 21.1 Å². The molecule has 1 aromatic rings. The minimum absolute atomic E-state index is 0.0791. The molecule has 0 radical (unpaired) electrons. The quantitative estimate of drug-likeness (QED) is 0.801. The standard InChI is InChI=1S/C12H18N4O2/c1-16-4-2-9(3-5-16)18-12-10(11(14)17)6-8(13)7-15-12/h6-7,9H,2-5,13H2,1H3,(H2,14,17). The number of hydrogen-bond donors (Lipinski definition) is 2. The van der Waals surface area contributed by atoms with E-state index < -0.39 is 5.91 Å². The highest BCUT2D eigenvalue weighted by Crippen LogP contribution is 2.21. The third kappa shape index (κ3) is 2.89. The highest BCUT2D eigenvalue weighted by molar-refractivity contribution is 5.95. The van der Waals surface area contributed by atoms with Crippen LogP contribution in [0.25, 0.3) is 0 Å². The summed E-state index contributed by atoms with van der Waals surface area (Å²) < 4.78 is 5.76. The Balaban J connectivity index is 2.11. The number of rotatable bonds is 3. The molecule has 98 valence electrons. The van der Waals surface area contributed by atoms with E-state index in [0.29, 0.717) is 5.69 Å². The van der Waals surface area contributed by atoms with Crippen molar-refractivity contribution in [2.75, 3.05) is 25.9 Å². The number of nitrogen functional groups attached to an aromatic ring is 1. The summed E-state index contributed by atoms with van der Waals surface area (Å²) in [7, 11) is 2.08. The summed E-state index contributed by atoms with van der Waals surface area (Å²) in [5, 5.41) is 0. The number of amides is 1. The molecule has 6 heteroatoms. The third-order valence-electron chi connectivity index (χ3n) is 3.08. The molecule has 1 aliphatic heterocycles. The number of carbonyl (C=O) groups is 1. The van der Waals surface area contributed by atoms with Gasteiger partial charge in [0.25, 0.3) is 5.91 Å². The van der Waals surface area contributed by atoms with Crippen molar-refractivity contribution in [2.45, 2.75) is 18.9 Å². The van der Waals surface area contributed by atoms with Crippen LogP contribution in [-0.4, -0.2) is 42.0 Å². The second kappa shape index (κ2) is 5.22. The van der Waals surface area contributed by atoms with Crippen LogP contribution in [-0.2, 0) is 0 Å². The molecule has 1 aliphatic rings. The Labute approximate surface area is 106 Å². The summed E-state index contributed by atoms with van der Waals surface area (Å²) in [5.41, 5.74) is 11.5. The number of pyridine rings is 1. The van der Waals surface area contributed by atoms with Crippen LogP contribution in [0.5, 0.6) is 5.88 Å². The van der Waals surface area contributed by atoms with Crippen LogP contribution >= 0.6 is 0 Å². The van der Waals surface area contributed by atoms with E-state index in [0.717, 1.165) is 25.9 Å². The minimum Gasteiger partial charge on any atom is -0.474 e. The van der Waals surface area contributed by atoms with Crippen LogP contribution in [0.2, 0.25) is 0 Å². The van der Waals surface area contributed by atoms with Crippen molar-refractivity contribution in [1.82, 2.24) is 9.88 Å². The van der Waals surface area contributed by atoms with E-state index in [1.54, 1.807) is 0 Å². The van der Waals surface area contributed by atoms with E-state index in [2.05, 4.69) is 16.9 Å². The van der Waals surface area contributed by atoms with Crippen LogP contribution in [0.15, 0.2) is 12.3 Å². The Morgan fingerprint density at radius 3 is 2.78 bits per heavy atom.